The zero-order valence-electron chi connectivity index (χ0n) is 20.8. The molecule has 8 nitrogen and oxygen atoms in total. The minimum atomic E-state index is -0.465. The van der Waals surface area contributed by atoms with Crippen molar-refractivity contribution >= 4 is 18.0 Å². The Kier molecular flexibility index (Phi) is 9.52. The quantitative estimate of drug-likeness (QED) is 0.599. The predicted molar refractivity (Wildman–Crippen MR) is 137 cm³/mol. The fourth-order valence-electron chi connectivity index (χ4n) is 4.52. The maximum Gasteiger partial charge on any atom is 0.319 e. The lowest BCUT2D eigenvalue weighted by atomic mass is 9.88. The SMILES string of the molecule is CN(C)C(=O)N1CCN(C(=O)CCCN(CCC(c2ccccc2)c2ccccc2)C(N)=O)CC1. The first kappa shape index (κ1) is 26.1. The van der Waals surface area contributed by atoms with Crippen LogP contribution in [0, 0.1) is 0 Å². The Morgan fingerprint density at radius 1 is 0.829 bits per heavy atom. The van der Waals surface area contributed by atoms with Crippen LogP contribution in [0.25, 0.3) is 0 Å². The fraction of sp³-hybridized carbons (Fsp3) is 0.444. The summed E-state index contributed by atoms with van der Waals surface area (Å²) in [4.78, 5) is 43.6. The van der Waals surface area contributed by atoms with Crippen molar-refractivity contribution in [3.05, 3.63) is 71.8 Å². The molecule has 0 aliphatic carbocycles. The van der Waals surface area contributed by atoms with Gasteiger partial charge in [-0.2, -0.15) is 0 Å². The van der Waals surface area contributed by atoms with Crippen molar-refractivity contribution in [3.63, 3.8) is 0 Å². The zero-order valence-corrected chi connectivity index (χ0v) is 20.8. The minimum Gasteiger partial charge on any atom is -0.351 e. The van der Waals surface area contributed by atoms with Crippen LogP contribution in [0.5, 0.6) is 0 Å². The Labute approximate surface area is 208 Å². The first-order valence-electron chi connectivity index (χ1n) is 12.2. The van der Waals surface area contributed by atoms with Crippen molar-refractivity contribution in [2.45, 2.75) is 25.2 Å². The van der Waals surface area contributed by atoms with Crippen molar-refractivity contribution in [1.82, 2.24) is 19.6 Å². The summed E-state index contributed by atoms with van der Waals surface area (Å²) >= 11 is 0. The summed E-state index contributed by atoms with van der Waals surface area (Å²) in [5, 5.41) is 0. The molecular weight excluding hydrogens is 442 g/mol. The van der Waals surface area contributed by atoms with Gasteiger partial charge < -0.3 is 25.3 Å². The van der Waals surface area contributed by atoms with Gasteiger partial charge in [0.05, 0.1) is 0 Å². The van der Waals surface area contributed by atoms with Gasteiger partial charge in [-0.15, -0.1) is 0 Å². The Balaban J connectivity index is 1.50. The van der Waals surface area contributed by atoms with E-state index in [-0.39, 0.29) is 17.9 Å². The molecule has 1 aliphatic rings. The van der Waals surface area contributed by atoms with Crippen LogP contribution in [-0.2, 0) is 4.79 Å². The molecule has 3 rings (SSSR count). The van der Waals surface area contributed by atoms with Gasteiger partial charge in [-0.3, -0.25) is 4.79 Å². The number of nitrogens with zero attached hydrogens (tertiary/aromatic N) is 4. The van der Waals surface area contributed by atoms with E-state index in [1.165, 1.54) is 11.1 Å². The Morgan fingerprint density at radius 3 is 1.83 bits per heavy atom. The highest BCUT2D eigenvalue weighted by atomic mass is 16.2. The number of primary amides is 1. The molecule has 0 atom stereocenters. The standard InChI is InChI=1S/C27H37N5O3/c1-29(2)27(35)32-20-18-30(19-21-32)25(33)14-9-16-31(26(28)34)17-15-24(22-10-5-3-6-11-22)23-12-7-4-8-13-23/h3-8,10-13,24H,9,14-21H2,1-2H3,(H2,28,34). The predicted octanol–water partition coefficient (Wildman–Crippen LogP) is 3.20. The highest BCUT2D eigenvalue weighted by Gasteiger charge is 2.25. The first-order valence-corrected chi connectivity index (χ1v) is 12.2. The van der Waals surface area contributed by atoms with Crippen LogP contribution in [0.4, 0.5) is 9.59 Å². The second-order valence-corrected chi connectivity index (χ2v) is 9.14. The largest absolute Gasteiger partial charge is 0.351 e. The van der Waals surface area contributed by atoms with Crippen molar-refractivity contribution in [2.75, 3.05) is 53.4 Å². The van der Waals surface area contributed by atoms with E-state index >= 15 is 0 Å². The van der Waals surface area contributed by atoms with Crippen LogP contribution in [0.2, 0.25) is 0 Å². The molecule has 2 aromatic carbocycles. The van der Waals surface area contributed by atoms with Gasteiger partial charge in [0.1, 0.15) is 0 Å². The number of hydrogen-bond acceptors (Lipinski definition) is 3. The number of rotatable bonds is 9. The summed E-state index contributed by atoms with van der Waals surface area (Å²) in [6, 6.07) is 20.0. The van der Waals surface area contributed by atoms with E-state index in [4.69, 9.17) is 5.73 Å². The molecule has 8 heteroatoms. The molecule has 5 amide bonds. The summed E-state index contributed by atoms with van der Waals surface area (Å²) in [5.74, 6) is 0.208. The van der Waals surface area contributed by atoms with Crippen LogP contribution in [0.1, 0.15) is 36.3 Å². The Hall–Kier alpha value is -3.55. The van der Waals surface area contributed by atoms with E-state index < -0.39 is 6.03 Å². The van der Waals surface area contributed by atoms with E-state index in [1.54, 1.807) is 33.7 Å². The Morgan fingerprint density at radius 2 is 1.34 bits per heavy atom. The molecule has 1 fully saturated rings. The average Bonchev–Trinajstić information content (AvgIpc) is 2.88. The van der Waals surface area contributed by atoms with Crippen molar-refractivity contribution in [3.8, 4) is 0 Å². The van der Waals surface area contributed by atoms with Gasteiger partial charge in [-0.1, -0.05) is 60.7 Å². The minimum absolute atomic E-state index is 0.0292. The van der Waals surface area contributed by atoms with Gasteiger partial charge in [-0.25, -0.2) is 9.59 Å². The third-order valence-electron chi connectivity index (χ3n) is 6.51. The van der Waals surface area contributed by atoms with Crippen LogP contribution >= 0.6 is 0 Å². The number of benzene rings is 2. The van der Waals surface area contributed by atoms with Gasteiger partial charge in [0.25, 0.3) is 0 Å². The number of piperazine rings is 1. The molecule has 0 unspecified atom stereocenters. The van der Waals surface area contributed by atoms with Gasteiger partial charge in [0.15, 0.2) is 0 Å². The molecule has 0 radical (unpaired) electrons. The molecule has 1 aliphatic heterocycles. The molecule has 0 aromatic heterocycles. The van der Waals surface area contributed by atoms with Gasteiger partial charge in [-0.05, 0) is 24.0 Å². The molecule has 1 saturated heterocycles. The molecule has 0 bridgehead atoms. The number of carbonyl (C=O) groups is 3. The molecule has 188 valence electrons. The lowest BCUT2D eigenvalue weighted by Crippen LogP contribution is -2.52. The molecule has 1 heterocycles. The average molecular weight is 480 g/mol. The lowest BCUT2D eigenvalue weighted by molar-refractivity contribution is -0.132. The third-order valence-corrected chi connectivity index (χ3v) is 6.51. The first-order chi connectivity index (χ1) is 16.9. The van der Waals surface area contributed by atoms with Crippen molar-refractivity contribution in [2.24, 2.45) is 5.73 Å². The number of carbonyl (C=O) groups excluding carboxylic acids is 3. The highest BCUT2D eigenvalue weighted by Crippen LogP contribution is 2.28. The Bertz CT molecular complexity index is 920. The smallest absolute Gasteiger partial charge is 0.319 e. The van der Waals surface area contributed by atoms with Crippen molar-refractivity contribution in [1.29, 1.82) is 0 Å². The summed E-state index contributed by atoms with van der Waals surface area (Å²) in [5.41, 5.74) is 8.08. The van der Waals surface area contributed by atoms with Crippen LogP contribution in [0.3, 0.4) is 0 Å². The fourth-order valence-corrected chi connectivity index (χ4v) is 4.52. The highest BCUT2D eigenvalue weighted by molar-refractivity contribution is 5.77. The second kappa shape index (κ2) is 12.8. The van der Waals surface area contributed by atoms with Crippen molar-refractivity contribution < 1.29 is 14.4 Å². The molecule has 0 saturated carbocycles. The number of urea groups is 2. The van der Waals surface area contributed by atoms with Gasteiger partial charge in [0, 0.05) is 65.7 Å². The van der Waals surface area contributed by atoms with Gasteiger partial charge in [0.2, 0.25) is 5.91 Å². The third kappa shape index (κ3) is 7.47. The van der Waals surface area contributed by atoms with E-state index in [1.807, 2.05) is 36.4 Å². The van der Waals surface area contributed by atoms with E-state index in [2.05, 4.69) is 24.3 Å². The number of nitrogens with two attached hydrogens (primary N) is 1. The maximum absolute atomic E-state index is 12.7. The summed E-state index contributed by atoms with van der Waals surface area (Å²) in [7, 11) is 3.46. The molecular formula is C27H37N5O3. The van der Waals surface area contributed by atoms with Crippen LogP contribution < -0.4 is 5.73 Å². The summed E-state index contributed by atoms with van der Waals surface area (Å²) in [6.07, 6.45) is 1.65. The molecule has 2 N–H and O–H groups in total. The van der Waals surface area contributed by atoms with E-state index in [0.29, 0.717) is 52.1 Å². The zero-order chi connectivity index (χ0) is 25.2. The summed E-state index contributed by atoms with van der Waals surface area (Å²) < 4.78 is 0. The monoisotopic (exact) mass is 479 g/mol. The molecule has 0 spiro atoms. The maximum atomic E-state index is 12.7. The number of amides is 5. The second-order valence-electron chi connectivity index (χ2n) is 9.14. The normalized spacial score (nSPS) is 13.6. The van der Waals surface area contributed by atoms with Gasteiger partial charge >= 0.3 is 12.1 Å². The van der Waals surface area contributed by atoms with E-state index in [0.717, 1.165) is 6.42 Å². The topological polar surface area (TPSA) is 90.2 Å². The lowest BCUT2D eigenvalue weighted by Gasteiger charge is -2.36. The van der Waals surface area contributed by atoms with Crippen LogP contribution in [0.15, 0.2) is 60.7 Å². The van der Waals surface area contributed by atoms with Crippen LogP contribution in [-0.4, -0.2) is 90.9 Å². The van der Waals surface area contributed by atoms with E-state index in [9.17, 15) is 14.4 Å². The molecule has 2 aromatic rings. The number of hydrogen-bond donors (Lipinski definition) is 1. The molecule has 35 heavy (non-hydrogen) atoms. The summed E-state index contributed by atoms with van der Waals surface area (Å²) in [6.45, 7) is 3.11.